The van der Waals surface area contributed by atoms with Crippen molar-refractivity contribution in [1.29, 1.82) is 0 Å². The van der Waals surface area contributed by atoms with Gasteiger partial charge >= 0.3 is 5.97 Å². The van der Waals surface area contributed by atoms with Gasteiger partial charge in [-0.2, -0.15) is 0 Å². The molecule has 0 aromatic rings. The molecule has 1 aliphatic rings. The van der Waals surface area contributed by atoms with Gasteiger partial charge in [0.05, 0.1) is 0 Å². The van der Waals surface area contributed by atoms with Gasteiger partial charge in [0, 0.05) is 25.2 Å². The van der Waals surface area contributed by atoms with Gasteiger partial charge < -0.3 is 10.0 Å². The van der Waals surface area contributed by atoms with Crippen LogP contribution >= 0.6 is 0 Å². The molecule has 1 rings (SSSR count). The third-order valence-corrected chi connectivity index (χ3v) is 2.29. The van der Waals surface area contributed by atoms with E-state index in [0.29, 0.717) is 0 Å². The highest BCUT2D eigenvalue weighted by Gasteiger charge is 2.12. The van der Waals surface area contributed by atoms with Crippen LogP contribution in [0.3, 0.4) is 0 Å². The fourth-order valence-electron chi connectivity index (χ4n) is 1.54. The van der Waals surface area contributed by atoms with E-state index in [1.54, 1.807) is 4.90 Å². The zero-order valence-corrected chi connectivity index (χ0v) is 8.11. The number of carbonyl (C=O) groups is 2. The van der Waals surface area contributed by atoms with E-state index in [-0.39, 0.29) is 5.91 Å². The van der Waals surface area contributed by atoms with Gasteiger partial charge in [0.25, 0.3) is 0 Å². The Morgan fingerprint density at radius 1 is 1.00 bits per heavy atom. The van der Waals surface area contributed by atoms with Crippen molar-refractivity contribution in [3.8, 4) is 0 Å². The normalized spacial score (nSPS) is 18.1. The zero-order chi connectivity index (χ0) is 10.4. The van der Waals surface area contributed by atoms with Crippen molar-refractivity contribution >= 4 is 11.9 Å². The Kier molecular flexibility index (Phi) is 4.16. The summed E-state index contributed by atoms with van der Waals surface area (Å²) in [6.07, 6.45) is 6.39. The molecular weight excluding hydrogens is 182 g/mol. The third-order valence-electron chi connectivity index (χ3n) is 2.29. The summed E-state index contributed by atoms with van der Waals surface area (Å²) < 4.78 is 0. The Morgan fingerprint density at radius 3 is 2.07 bits per heavy atom. The highest BCUT2D eigenvalue weighted by molar-refractivity contribution is 5.93. The van der Waals surface area contributed by atoms with Crippen LogP contribution in [0.4, 0.5) is 0 Å². The lowest BCUT2D eigenvalue weighted by Crippen LogP contribution is -2.30. The summed E-state index contributed by atoms with van der Waals surface area (Å²) in [6.45, 7) is 1.51. The molecule has 0 bridgehead atoms. The van der Waals surface area contributed by atoms with Crippen LogP contribution in [-0.4, -0.2) is 35.0 Å². The van der Waals surface area contributed by atoms with Gasteiger partial charge in [-0.3, -0.25) is 4.79 Å². The van der Waals surface area contributed by atoms with Crippen molar-refractivity contribution in [1.82, 2.24) is 4.90 Å². The van der Waals surface area contributed by atoms with Crippen molar-refractivity contribution in [3.05, 3.63) is 12.2 Å². The largest absolute Gasteiger partial charge is 0.478 e. The molecule has 14 heavy (non-hydrogen) atoms. The summed E-state index contributed by atoms with van der Waals surface area (Å²) in [4.78, 5) is 23.3. The summed E-state index contributed by atoms with van der Waals surface area (Å²) in [5.41, 5.74) is 0. The van der Waals surface area contributed by atoms with Gasteiger partial charge in [-0.1, -0.05) is 12.8 Å². The molecule has 4 nitrogen and oxygen atoms in total. The standard InChI is InChI=1S/C10H15NO3/c12-9(5-6-10(13)14)11-7-3-1-2-4-8-11/h5-6H,1-4,7-8H2,(H,13,14). The number of aliphatic carboxylic acids is 1. The van der Waals surface area contributed by atoms with E-state index in [2.05, 4.69) is 0 Å². The minimum Gasteiger partial charge on any atom is -0.478 e. The number of carbonyl (C=O) groups excluding carboxylic acids is 1. The fourth-order valence-corrected chi connectivity index (χ4v) is 1.54. The SMILES string of the molecule is O=C(O)C=CC(=O)N1CCCCCC1. The first-order valence-corrected chi connectivity index (χ1v) is 4.90. The average molecular weight is 197 g/mol. The quantitative estimate of drug-likeness (QED) is 0.672. The molecule has 0 atom stereocenters. The summed E-state index contributed by atoms with van der Waals surface area (Å²) >= 11 is 0. The number of carboxylic acid groups (broad SMARTS) is 1. The number of amides is 1. The van der Waals surface area contributed by atoms with Crippen LogP contribution in [0.25, 0.3) is 0 Å². The molecule has 0 radical (unpaired) electrons. The number of hydrogen-bond donors (Lipinski definition) is 1. The Hall–Kier alpha value is -1.32. The number of hydrogen-bond acceptors (Lipinski definition) is 2. The number of carboxylic acids is 1. The molecule has 4 heteroatoms. The van der Waals surface area contributed by atoms with Crippen LogP contribution < -0.4 is 0 Å². The Morgan fingerprint density at radius 2 is 1.57 bits per heavy atom. The zero-order valence-electron chi connectivity index (χ0n) is 8.11. The number of likely N-dealkylation sites (tertiary alicyclic amines) is 1. The molecule has 0 spiro atoms. The van der Waals surface area contributed by atoms with E-state index in [0.717, 1.165) is 50.9 Å². The minimum atomic E-state index is -1.08. The predicted molar refractivity (Wildman–Crippen MR) is 51.8 cm³/mol. The van der Waals surface area contributed by atoms with Gasteiger partial charge in [-0.05, 0) is 12.8 Å². The molecule has 0 aromatic heterocycles. The van der Waals surface area contributed by atoms with Crippen molar-refractivity contribution in [2.24, 2.45) is 0 Å². The van der Waals surface area contributed by atoms with Crippen LogP contribution in [0.5, 0.6) is 0 Å². The van der Waals surface area contributed by atoms with Gasteiger partial charge in [0.1, 0.15) is 0 Å². The van der Waals surface area contributed by atoms with E-state index >= 15 is 0 Å². The van der Waals surface area contributed by atoms with Gasteiger partial charge in [-0.15, -0.1) is 0 Å². The molecule has 0 saturated carbocycles. The first-order valence-electron chi connectivity index (χ1n) is 4.90. The minimum absolute atomic E-state index is 0.186. The van der Waals surface area contributed by atoms with E-state index < -0.39 is 5.97 Å². The molecule has 1 saturated heterocycles. The van der Waals surface area contributed by atoms with Crippen LogP contribution in [0.1, 0.15) is 25.7 Å². The van der Waals surface area contributed by atoms with Crippen LogP contribution in [0.15, 0.2) is 12.2 Å². The Bertz CT molecular complexity index is 240. The van der Waals surface area contributed by atoms with Crippen molar-refractivity contribution in [3.63, 3.8) is 0 Å². The lowest BCUT2D eigenvalue weighted by atomic mass is 10.2. The lowest BCUT2D eigenvalue weighted by Gasteiger charge is -2.17. The second-order valence-electron chi connectivity index (χ2n) is 3.41. The first kappa shape index (κ1) is 10.8. The number of nitrogens with zero attached hydrogens (tertiary/aromatic N) is 1. The maximum absolute atomic E-state index is 11.4. The van der Waals surface area contributed by atoms with Crippen molar-refractivity contribution in [2.75, 3.05) is 13.1 Å². The van der Waals surface area contributed by atoms with Crippen LogP contribution in [-0.2, 0) is 9.59 Å². The Balaban J connectivity index is 2.45. The number of rotatable bonds is 2. The molecule has 0 aliphatic carbocycles. The molecular formula is C10H15NO3. The molecule has 1 amide bonds. The van der Waals surface area contributed by atoms with E-state index in [1.807, 2.05) is 0 Å². The third kappa shape index (κ3) is 3.60. The van der Waals surface area contributed by atoms with E-state index in [9.17, 15) is 9.59 Å². The van der Waals surface area contributed by atoms with Crippen molar-refractivity contribution < 1.29 is 14.7 Å². The molecule has 1 fully saturated rings. The highest BCUT2D eigenvalue weighted by Crippen LogP contribution is 2.09. The van der Waals surface area contributed by atoms with Gasteiger partial charge in [-0.25, -0.2) is 4.79 Å². The average Bonchev–Trinajstić information content (AvgIpc) is 2.42. The monoisotopic (exact) mass is 197 g/mol. The summed E-state index contributed by atoms with van der Waals surface area (Å²) in [5, 5.41) is 8.36. The molecule has 1 aliphatic heterocycles. The smallest absolute Gasteiger partial charge is 0.328 e. The van der Waals surface area contributed by atoms with Gasteiger partial charge in [0.15, 0.2) is 0 Å². The molecule has 0 unspecified atom stereocenters. The maximum atomic E-state index is 11.4. The molecule has 78 valence electrons. The van der Waals surface area contributed by atoms with Gasteiger partial charge in [0.2, 0.25) is 5.91 Å². The summed E-state index contributed by atoms with van der Waals surface area (Å²) in [5.74, 6) is -1.26. The second-order valence-corrected chi connectivity index (χ2v) is 3.41. The predicted octanol–water partition coefficient (Wildman–Crippen LogP) is 1.03. The van der Waals surface area contributed by atoms with Crippen LogP contribution in [0, 0.1) is 0 Å². The molecule has 1 heterocycles. The van der Waals surface area contributed by atoms with E-state index in [1.165, 1.54) is 0 Å². The molecule has 1 N–H and O–H groups in total. The fraction of sp³-hybridized carbons (Fsp3) is 0.600. The maximum Gasteiger partial charge on any atom is 0.328 e. The van der Waals surface area contributed by atoms with Crippen molar-refractivity contribution in [2.45, 2.75) is 25.7 Å². The summed E-state index contributed by atoms with van der Waals surface area (Å²) in [7, 11) is 0. The highest BCUT2D eigenvalue weighted by atomic mass is 16.4. The topological polar surface area (TPSA) is 57.6 Å². The first-order chi connectivity index (χ1) is 6.70. The second kappa shape index (κ2) is 5.42. The van der Waals surface area contributed by atoms with Crippen LogP contribution in [0.2, 0.25) is 0 Å². The summed E-state index contributed by atoms with van der Waals surface area (Å²) in [6, 6.07) is 0. The molecule has 0 aromatic carbocycles. The van der Waals surface area contributed by atoms with E-state index in [4.69, 9.17) is 5.11 Å². The lowest BCUT2D eigenvalue weighted by molar-refractivity contribution is -0.132. The Labute approximate surface area is 83.2 Å².